The van der Waals surface area contributed by atoms with Gasteiger partial charge in [-0.05, 0) is 57.2 Å². The quantitative estimate of drug-likeness (QED) is 0.709. The lowest BCUT2D eigenvalue weighted by Crippen LogP contribution is -2.21. The molecular formula is C23H28O6. The highest BCUT2D eigenvalue weighted by molar-refractivity contribution is 6.25. The number of ether oxygens (including phenoxy) is 4. The molecule has 2 fully saturated rings. The Kier molecular flexibility index (Phi) is 5.49. The van der Waals surface area contributed by atoms with Crippen LogP contribution >= 0.6 is 0 Å². The summed E-state index contributed by atoms with van der Waals surface area (Å²) in [4.78, 5) is 25.7. The van der Waals surface area contributed by atoms with Crippen LogP contribution in [0.5, 0.6) is 0 Å². The smallest absolute Gasteiger partial charge is 0.434 e. The first-order valence-corrected chi connectivity index (χ1v) is 10.3. The zero-order valence-corrected chi connectivity index (χ0v) is 17.4. The summed E-state index contributed by atoms with van der Waals surface area (Å²) in [6.07, 6.45) is 0.344. The number of carbonyl (C=O) groups excluding carboxylic acids is 2. The number of carbonyl (C=O) groups is 2. The van der Waals surface area contributed by atoms with Gasteiger partial charge in [0.05, 0.1) is 25.4 Å². The van der Waals surface area contributed by atoms with Gasteiger partial charge < -0.3 is 18.9 Å². The Bertz CT molecular complexity index is 841. The van der Waals surface area contributed by atoms with Crippen LogP contribution in [-0.2, 0) is 23.7 Å². The maximum Gasteiger partial charge on any atom is 0.513 e. The Morgan fingerprint density at radius 1 is 1.07 bits per heavy atom. The van der Waals surface area contributed by atoms with Crippen molar-refractivity contribution in [2.24, 2.45) is 17.8 Å². The highest BCUT2D eigenvalue weighted by atomic mass is 16.7. The van der Waals surface area contributed by atoms with E-state index in [9.17, 15) is 9.59 Å². The van der Waals surface area contributed by atoms with Gasteiger partial charge in [0.25, 0.3) is 0 Å². The average molecular weight is 400 g/mol. The molecule has 0 N–H and O–H groups in total. The summed E-state index contributed by atoms with van der Waals surface area (Å²) >= 11 is 0. The van der Waals surface area contributed by atoms with Gasteiger partial charge in [-0.2, -0.15) is 0 Å². The van der Waals surface area contributed by atoms with Gasteiger partial charge >= 0.3 is 6.16 Å². The molecule has 29 heavy (non-hydrogen) atoms. The number of hydrogen-bond donors (Lipinski definition) is 0. The molecule has 1 aromatic carbocycles. The van der Waals surface area contributed by atoms with Crippen molar-refractivity contribution in [3.05, 3.63) is 40.1 Å². The molecule has 0 bridgehead atoms. The Morgan fingerprint density at radius 3 is 2.31 bits per heavy atom. The Hall–Kier alpha value is -2.18. The van der Waals surface area contributed by atoms with Crippen LogP contribution in [-0.4, -0.2) is 38.0 Å². The molecule has 1 aliphatic heterocycles. The minimum absolute atomic E-state index is 0.0462. The third-order valence-electron chi connectivity index (χ3n) is 6.18. The fourth-order valence-corrected chi connectivity index (χ4v) is 5.20. The van der Waals surface area contributed by atoms with E-state index in [1.807, 2.05) is 20.8 Å². The van der Waals surface area contributed by atoms with E-state index in [1.54, 1.807) is 6.92 Å². The zero-order chi connectivity index (χ0) is 20.7. The Balaban J connectivity index is 1.74. The first-order valence-electron chi connectivity index (χ1n) is 10.3. The lowest BCUT2D eigenvalue weighted by molar-refractivity contribution is -0.117. The molecule has 6 nitrogen and oxygen atoms in total. The second-order valence-corrected chi connectivity index (χ2v) is 8.22. The molecule has 6 heteroatoms. The summed E-state index contributed by atoms with van der Waals surface area (Å²) in [6, 6.07) is 4.11. The summed E-state index contributed by atoms with van der Waals surface area (Å²) in [5.74, 6) is 0.255. The molecular weight excluding hydrogens is 372 g/mol. The van der Waals surface area contributed by atoms with E-state index in [1.165, 1.54) is 0 Å². The third kappa shape index (κ3) is 3.60. The first-order chi connectivity index (χ1) is 13.9. The van der Waals surface area contributed by atoms with E-state index in [0.717, 1.165) is 22.3 Å². The first kappa shape index (κ1) is 20.1. The van der Waals surface area contributed by atoms with Crippen LogP contribution in [0.4, 0.5) is 4.79 Å². The summed E-state index contributed by atoms with van der Waals surface area (Å²) in [5.41, 5.74) is 4.57. The standard InChI is InChI=1S/C23H28O6/c1-5-26-23(25)29-21-17-11-15(22-27-6-7-28-22)10-16(17)20(24)19(21)18-13(3)8-12(2)9-14(18)4/h8-9,15-17,22H,5-7,10-11H2,1-4H3. The normalized spacial score (nSPS) is 26.9. The number of benzene rings is 1. The van der Waals surface area contributed by atoms with Crippen LogP contribution < -0.4 is 0 Å². The zero-order valence-electron chi connectivity index (χ0n) is 17.4. The molecule has 1 heterocycles. The summed E-state index contributed by atoms with van der Waals surface area (Å²) < 4.78 is 22.0. The largest absolute Gasteiger partial charge is 0.513 e. The highest BCUT2D eigenvalue weighted by Crippen LogP contribution is 2.53. The number of hydrogen-bond acceptors (Lipinski definition) is 6. The SMILES string of the molecule is CCOC(=O)OC1=C(c2c(C)cc(C)cc2C)C(=O)C2CC(C3OCCO3)CC12. The molecule has 3 unspecified atom stereocenters. The number of Topliss-reactive ketones (excluding diaryl/α,β-unsaturated/α-hetero) is 1. The molecule has 156 valence electrons. The van der Waals surface area contributed by atoms with Gasteiger partial charge in [-0.25, -0.2) is 4.79 Å². The summed E-state index contributed by atoms with van der Waals surface area (Å²) in [5, 5.41) is 0. The molecule has 3 aliphatic rings. The van der Waals surface area contributed by atoms with Crippen LogP contribution in [0.1, 0.15) is 42.0 Å². The van der Waals surface area contributed by atoms with Crippen molar-refractivity contribution >= 4 is 17.5 Å². The predicted octanol–water partition coefficient (Wildman–Crippen LogP) is 4.09. The van der Waals surface area contributed by atoms with Crippen LogP contribution in [0, 0.1) is 38.5 Å². The van der Waals surface area contributed by atoms with Crippen LogP contribution in [0.3, 0.4) is 0 Å². The van der Waals surface area contributed by atoms with Gasteiger partial charge in [0.15, 0.2) is 12.1 Å². The van der Waals surface area contributed by atoms with Crippen molar-refractivity contribution in [1.82, 2.24) is 0 Å². The van der Waals surface area contributed by atoms with Crippen molar-refractivity contribution < 1.29 is 28.5 Å². The topological polar surface area (TPSA) is 71.1 Å². The van der Waals surface area contributed by atoms with Crippen molar-refractivity contribution in [2.45, 2.75) is 46.8 Å². The van der Waals surface area contributed by atoms with Crippen LogP contribution in [0.2, 0.25) is 0 Å². The summed E-state index contributed by atoms with van der Waals surface area (Å²) in [7, 11) is 0. The van der Waals surface area contributed by atoms with Gasteiger partial charge in [0.1, 0.15) is 5.76 Å². The molecule has 3 atom stereocenters. The minimum atomic E-state index is -0.757. The van der Waals surface area contributed by atoms with E-state index in [4.69, 9.17) is 18.9 Å². The Morgan fingerprint density at radius 2 is 1.69 bits per heavy atom. The van der Waals surface area contributed by atoms with Crippen molar-refractivity contribution in [3.63, 3.8) is 0 Å². The number of allylic oxidation sites excluding steroid dienone is 2. The fraction of sp³-hybridized carbons (Fsp3) is 0.565. The lowest BCUT2D eigenvalue weighted by Gasteiger charge is -2.20. The van der Waals surface area contributed by atoms with Crippen molar-refractivity contribution in [3.8, 4) is 0 Å². The molecule has 0 radical (unpaired) electrons. The van der Waals surface area contributed by atoms with Gasteiger partial charge in [0.2, 0.25) is 0 Å². The van der Waals surface area contributed by atoms with E-state index in [2.05, 4.69) is 12.1 Å². The Labute approximate surface area is 171 Å². The third-order valence-corrected chi connectivity index (χ3v) is 6.18. The maximum absolute atomic E-state index is 13.5. The molecule has 0 amide bonds. The minimum Gasteiger partial charge on any atom is -0.434 e. The van der Waals surface area contributed by atoms with E-state index >= 15 is 0 Å². The van der Waals surface area contributed by atoms with E-state index in [-0.39, 0.29) is 36.4 Å². The number of aryl methyl sites for hydroxylation is 3. The molecule has 2 aliphatic carbocycles. The van der Waals surface area contributed by atoms with Gasteiger partial charge in [0, 0.05) is 17.8 Å². The molecule has 1 saturated heterocycles. The van der Waals surface area contributed by atoms with Gasteiger partial charge in [-0.1, -0.05) is 17.7 Å². The van der Waals surface area contributed by atoms with Crippen molar-refractivity contribution in [1.29, 1.82) is 0 Å². The lowest BCUT2D eigenvalue weighted by atomic mass is 9.89. The predicted molar refractivity (Wildman–Crippen MR) is 106 cm³/mol. The molecule has 4 rings (SSSR count). The van der Waals surface area contributed by atoms with Crippen LogP contribution in [0.15, 0.2) is 17.9 Å². The number of fused-ring (bicyclic) bond motifs is 1. The van der Waals surface area contributed by atoms with Gasteiger partial charge in [-0.15, -0.1) is 0 Å². The number of rotatable bonds is 4. The maximum atomic E-state index is 13.5. The van der Waals surface area contributed by atoms with E-state index < -0.39 is 6.16 Å². The molecule has 0 spiro atoms. The molecule has 0 aromatic heterocycles. The second kappa shape index (κ2) is 7.92. The van der Waals surface area contributed by atoms with Crippen molar-refractivity contribution in [2.75, 3.05) is 19.8 Å². The van der Waals surface area contributed by atoms with E-state index in [0.29, 0.717) is 37.4 Å². The average Bonchev–Trinajstić information content (AvgIpc) is 3.35. The highest BCUT2D eigenvalue weighted by Gasteiger charge is 2.52. The summed E-state index contributed by atoms with van der Waals surface area (Å²) in [6.45, 7) is 9.14. The molecule has 1 aromatic rings. The monoisotopic (exact) mass is 400 g/mol. The number of ketones is 1. The fourth-order valence-electron chi connectivity index (χ4n) is 5.20. The van der Waals surface area contributed by atoms with Crippen LogP contribution in [0.25, 0.3) is 5.57 Å². The molecule has 1 saturated carbocycles. The second-order valence-electron chi connectivity index (χ2n) is 8.22. The van der Waals surface area contributed by atoms with Gasteiger partial charge in [-0.3, -0.25) is 4.79 Å².